The van der Waals surface area contributed by atoms with Crippen molar-refractivity contribution in [2.45, 2.75) is 11.4 Å². The van der Waals surface area contributed by atoms with Gasteiger partial charge in [0.1, 0.15) is 16.5 Å². The zero-order valence-corrected chi connectivity index (χ0v) is 15.3. The number of sulfonamides is 1. The van der Waals surface area contributed by atoms with E-state index in [0.29, 0.717) is 22.7 Å². The Morgan fingerprint density at radius 2 is 1.85 bits per heavy atom. The van der Waals surface area contributed by atoms with Gasteiger partial charge in [-0.15, -0.1) is 0 Å². The maximum atomic E-state index is 13.7. The summed E-state index contributed by atoms with van der Waals surface area (Å²) in [5.74, 6) is -2.04. The van der Waals surface area contributed by atoms with E-state index in [-0.39, 0.29) is 5.69 Å². The molecule has 0 amide bonds. The normalized spacial score (nSPS) is 11.5. The molecule has 0 spiro atoms. The van der Waals surface area contributed by atoms with Crippen LogP contribution in [0.1, 0.15) is 5.56 Å². The molecular weight excluding hydrogens is 407 g/mol. The number of hydrogen-bond donors (Lipinski definition) is 1. The van der Waals surface area contributed by atoms with Gasteiger partial charge in [0.25, 0.3) is 10.0 Å². The molecule has 2 aromatic carbocycles. The smallest absolute Gasteiger partial charge is 0.264 e. The molecule has 0 saturated carbocycles. The lowest BCUT2D eigenvalue weighted by molar-refractivity contribution is 0.551. The highest BCUT2D eigenvalue weighted by molar-refractivity contribution is 7.92. The van der Waals surface area contributed by atoms with Gasteiger partial charge in [-0.1, -0.05) is 29.3 Å². The molecule has 0 aliphatic heterocycles. The number of nitrogens with zero attached hydrogens (tertiary/aromatic N) is 2. The molecular formula is C16H11Cl2F2N3O2S. The Morgan fingerprint density at radius 3 is 2.54 bits per heavy atom. The number of rotatable bonds is 5. The molecule has 0 aliphatic carbocycles. The maximum absolute atomic E-state index is 13.7. The van der Waals surface area contributed by atoms with Gasteiger partial charge in [0.05, 0.1) is 28.5 Å². The summed E-state index contributed by atoms with van der Waals surface area (Å²) >= 11 is 11.8. The van der Waals surface area contributed by atoms with Crippen molar-refractivity contribution in [3.05, 3.63) is 76.0 Å². The van der Waals surface area contributed by atoms with Crippen molar-refractivity contribution >= 4 is 38.9 Å². The van der Waals surface area contributed by atoms with E-state index >= 15 is 0 Å². The molecule has 10 heteroatoms. The molecule has 0 bridgehead atoms. The van der Waals surface area contributed by atoms with E-state index in [4.69, 9.17) is 23.2 Å². The summed E-state index contributed by atoms with van der Waals surface area (Å²) in [6.45, 7) is 0.323. The number of halogens is 4. The topological polar surface area (TPSA) is 64.0 Å². The Balaban J connectivity index is 1.78. The summed E-state index contributed by atoms with van der Waals surface area (Å²) in [6.07, 6.45) is 2.71. The molecule has 1 heterocycles. The minimum Gasteiger partial charge on any atom is -0.276 e. The monoisotopic (exact) mass is 417 g/mol. The Bertz CT molecular complexity index is 1070. The van der Waals surface area contributed by atoms with Crippen LogP contribution in [0.4, 0.5) is 14.5 Å². The molecule has 5 nitrogen and oxygen atoms in total. The highest BCUT2D eigenvalue weighted by Gasteiger charge is 2.20. The molecule has 3 aromatic rings. The molecule has 0 fully saturated rings. The largest absolute Gasteiger partial charge is 0.276 e. The van der Waals surface area contributed by atoms with Gasteiger partial charge in [-0.25, -0.2) is 17.2 Å². The van der Waals surface area contributed by atoms with Crippen LogP contribution in [0.15, 0.2) is 53.7 Å². The lowest BCUT2D eigenvalue weighted by Gasteiger charge is -2.07. The summed E-state index contributed by atoms with van der Waals surface area (Å²) in [5, 5.41) is 4.85. The SMILES string of the molecule is O=S(=O)(Nc1cnn(Cc2ccc(Cl)c(Cl)c2)c1)c1ccc(F)cc1F. The van der Waals surface area contributed by atoms with Gasteiger partial charge in [0.15, 0.2) is 0 Å². The van der Waals surface area contributed by atoms with Crippen LogP contribution in [0.25, 0.3) is 0 Å². The van der Waals surface area contributed by atoms with Crippen LogP contribution >= 0.6 is 23.2 Å². The van der Waals surface area contributed by atoms with Gasteiger partial charge in [-0.2, -0.15) is 5.10 Å². The Morgan fingerprint density at radius 1 is 1.08 bits per heavy atom. The van der Waals surface area contributed by atoms with Crippen molar-refractivity contribution in [3.8, 4) is 0 Å². The second-order valence-corrected chi connectivity index (χ2v) is 7.82. The van der Waals surface area contributed by atoms with E-state index in [1.807, 2.05) is 0 Å². The van der Waals surface area contributed by atoms with Crippen LogP contribution in [-0.4, -0.2) is 18.2 Å². The minimum absolute atomic E-state index is 0.133. The fraction of sp³-hybridized carbons (Fsp3) is 0.0625. The molecule has 3 rings (SSSR count). The lowest BCUT2D eigenvalue weighted by Crippen LogP contribution is -2.14. The van der Waals surface area contributed by atoms with Gasteiger partial charge in [0.2, 0.25) is 0 Å². The Labute approximate surface area is 158 Å². The molecule has 0 aliphatic rings. The summed E-state index contributed by atoms with van der Waals surface area (Å²) in [4.78, 5) is -0.656. The zero-order chi connectivity index (χ0) is 18.9. The minimum atomic E-state index is -4.22. The number of hydrogen-bond acceptors (Lipinski definition) is 3. The standard InChI is InChI=1S/C16H11Cl2F2N3O2S/c17-13-3-1-10(5-14(13)18)8-23-9-12(7-21-23)22-26(24,25)16-4-2-11(19)6-15(16)20/h1-7,9,22H,8H2. The van der Waals surface area contributed by atoms with E-state index in [2.05, 4.69) is 9.82 Å². The summed E-state index contributed by atoms with van der Waals surface area (Å²) < 4.78 is 54.8. The van der Waals surface area contributed by atoms with Gasteiger partial charge in [0, 0.05) is 12.3 Å². The molecule has 1 aromatic heterocycles. The quantitative estimate of drug-likeness (QED) is 0.672. The highest BCUT2D eigenvalue weighted by atomic mass is 35.5. The number of benzene rings is 2. The summed E-state index contributed by atoms with van der Waals surface area (Å²) in [6, 6.07) is 7.29. The van der Waals surface area contributed by atoms with Gasteiger partial charge in [-0.05, 0) is 29.8 Å². The average molecular weight is 418 g/mol. The number of nitrogens with one attached hydrogen (secondary N) is 1. The number of anilines is 1. The van der Waals surface area contributed by atoms with E-state index in [1.54, 1.807) is 18.2 Å². The molecule has 26 heavy (non-hydrogen) atoms. The van der Waals surface area contributed by atoms with E-state index in [9.17, 15) is 17.2 Å². The highest BCUT2D eigenvalue weighted by Crippen LogP contribution is 2.23. The van der Waals surface area contributed by atoms with Crippen molar-refractivity contribution in [1.29, 1.82) is 0 Å². The number of aromatic nitrogens is 2. The molecule has 0 saturated heterocycles. The van der Waals surface area contributed by atoms with E-state index in [0.717, 1.165) is 17.7 Å². The van der Waals surface area contributed by atoms with Gasteiger partial charge < -0.3 is 0 Å². The summed E-state index contributed by atoms with van der Waals surface area (Å²) in [7, 11) is -4.22. The predicted molar refractivity (Wildman–Crippen MR) is 95.0 cm³/mol. The molecule has 1 N–H and O–H groups in total. The Kier molecular flexibility index (Phi) is 5.17. The third kappa shape index (κ3) is 4.14. The first-order valence-electron chi connectivity index (χ1n) is 7.19. The first-order valence-corrected chi connectivity index (χ1v) is 9.43. The second-order valence-electron chi connectivity index (χ2n) is 5.36. The van der Waals surface area contributed by atoms with Crippen LogP contribution in [0.5, 0.6) is 0 Å². The van der Waals surface area contributed by atoms with E-state index in [1.165, 1.54) is 17.1 Å². The predicted octanol–water partition coefficient (Wildman–Crippen LogP) is 4.32. The first kappa shape index (κ1) is 18.6. The Hall–Kier alpha value is -2.16. The molecule has 0 atom stereocenters. The zero-order valence-electron chi connectivity index (χ0n) is 13.0. The maximum Gasteiger partial charge on any atom is 0.264 e. The average Bonchev–Trinajstić information content (AvgIpc) is 2.96. The molecule has 136 valence electrons. The van der Waals surface area contributed by atoms with Crippen LogP contribution < -0.4 is 4.72 Å². The van der Waals surface area contributed by atoms with Crippen LogP contribution in [0.2, 0.25) is 10.0 Å². The van der Waals surface area contributed by atoms with Crippen molar-refractivity contribution in [1.82, 2.24) is 9.78 Å². The third-order valence-corrected chi connectivity index (χ3v) is 5.55. The lowest BCUT2D eigenvalue weighted by atomic mass is 10.2. The van der Waals surface area contributed by atoms with Crippen molar-refractivity contribution in [3.63, 3.8) is 0 Å². The van der Waals surface area contributed by atoms with Crippen molar-refractivity contribution in [2.24, 2.45) is 0 Å². The van der Waals surface area contributed by atoms with Crippen molar-refractivity contribution in [2.75, 3.05) is 4.72 Å². The van der Waals surface area contributed by atoms with Crippen LogP contribution in [0.3, 0.4) is 0 Å². The fourth-order valence-corrected chi connectivity index (χ4v) is 3.64. The first-order chi connectivity index (χ1) is 12.2. The van der Waals surface area contributed by atoms with Gasteiger partial charge in [-0.3, -0.25) is 9.40 Å². The molecule has 0 radical (unpaired) electrons. The summed E-state index contributed by atoms with van der Waals surface area (Å²) in [5.41, 5.74) is 0.940. The van der Waals surface area contributed by atoms with Crippen molar-refractivity contribution < 1.29 is 17.2 Å². The second kappa shape index (κ2) is 7.22. The van der Waals surface area contributed by atoms with E-state index < -0.39 is 26.6 Å². The van der Waals surface area contributed by atoms with Gasteiger partial charge >= 0.3 is 0 Å². The van der Waals surface area contributed by atoms with Crippen LogP contribution in [0, 0.1) is 11.6 Å². The fourth-order valence-electron chi connectivity index (χ4n) is 2.23. The third-order valence-electron chi connectivity index (χ3n) is 3.40. The molecule has 0 unspecified atom stereocenters. The van der Waals surface area contributed by atoms with Crippen LogP contribution in [-0.2, 0) is 16.6 Å².